The molecule has 8 heteroatoms. The first-order chi connectivity index (χ1) is 14.0. The molecule has 0 spiro atoms. The van der Waals surface area contributed by atoms with Crippen LogP contribution in [0.15, 0.2) is 46.9 Å². The Morgan fingerprint density at radius 1 is 1.24 bits per heavy atom. The minimum Gasteiger partial charge on any atom is -0.483 e. The van der Waals surface area contributed by atoms with E-state index in [1.165, 1.54) is 18.2 Å². The number of carbonyl (C=O) groups is 2. The summed E-state index contributed by atoms with van der Waals surface area (Å²) < 4.78 is 25.4. The highest BCUT2D eigenvalue weighted by Crippen LogP contribution is 2.31. The SMILES string of the molecule is Cc1oc2ccc(OC(CO)c3ccccc3F)cc2c1C(=O)NC(C=O)CO. The molecule has 2 unspecified atom stereocenters. The predicted molar refractivity (Wildman–Crippen MR) is 102 cm³/mol. The van der Waals surface area contributed by atoms with Gasteiger partial charge in [0.2, 0.25) is 0 Å². The van der Waals surface area contributed by atoms with Gasteiger partial charge in [0.15, 0.2) is 0 Å². The molecule has 0 aliphatic heterocycles. The highest BCUT2D eigenvalue weighted by molar-refractivity contribution is 6.08. The molecule has 0 bridgehead atoms. The molecule has 7 nitrogen and oxygen atoms in total. The van der Waals surface area contributed by atoms with E-state index < -0.39 is 37.1 Å². The number of hydrogen-bond acceptors (Lipinski definition) is 6. The maximum absolute atomic E-state index is 14.0. The van der Waals surface area contributed by atoms with Crippen molar-refractivity contribution < 1.29 is 33.3 Å². The summed E-state index contributed by atoms with van der Waals surface area (Å²) >= 11 is 0. The second-order valence-electron chi connectivity index (χ2n) is 6.40. The van der Waals surface area contributed by atoms with Crippen LogP contribution in [0, 0.1) is 12.7 Å². The average Bonchev–Trinajstić information content (AvgIpc) is 3.05. The zero-order valence-corrected chi connectivity index (χ0v) is 15.6. The summed E-state index contributed by atoms with van der Waals surface area (Å²) in [5.41, 5.74) is 0.809. The Hall–Kier alpha value is -3.23. The molecule has 1 aromatic heterocycles. The molecule has 1 amide bonds. The Balaban J connectivity index is 1.94. The quantitative estimate of drug-likeness (QED) is 0.500. The highest BCUT2D eigenvalue weighted by Gasteiger charge is 2.22. The van der Waals surface area contributed by atoms with Gasteiger partial charge in [-0.25, -0.2) is 4.39 Å². The Bertz CT molecular complexity index is 1030. The molecule has 2 aromatic carbocycles. The molecule has 0 radical (unpaired) electrons. The van der Waals surface area contributed by atoms with E-state index in [9.17, 15) is 19.1 Å². The van der Waals surface area contributed by atoms with Crippen LogP contribution < -0.4 is 10.1 Å². The molecule has 29 heavy (non-hydrogen) atoms. The van der Waals surface area contributed by atoms with Gasteiger partial charge in [-0.2, -0.15) is 0 Å². The fraction of sp³-hybridized carbons (Fsp3) is 0.238. The summed E-state index contributed by atoms with van der Waals surface area (Å²) in [5, 5.41) is 21.6. The lowest BCUT2D eigenvalue weighted by Crippen LogP contribution is -2.38. The van der Waals surface area contributed by atoms with Crippen molar-refractivity contribution in [3.05, 3.63) is 65.2 Å². The Morgan fingerprint density at radius 2 is 2.00 bits per heavy atom. The molecule has 0 aliphatic rings. The molecule has 3 N–H and O–H groups in total. The van der Waals surface area contributed by atoms with Crippen LogP contribution in [-0.4, -0.2) is 41.7 Å². The summed E-state index contributed by atoms with van der Waals surface area (Å²) in [7, 11) is 0. The van der Waals surface area contributed by atoms with Crippen molar-refractivity contribution in [2.45, 2.75) is 19.1 Å². The van der Waals surface area contributed by atoms with E-state index >= 15 is 0 Å². The van der Waals surface area contributed by atoms with Crippen LogP contribution in [-0.2, 0) is 4.79 Å². The fourth-order valence-electron chi connectivity index (χ4n) is 3.02. The van der Waals surface area contributed by atoms with E-state index in [2.05, 4.69) is 5.32 Å². The van der Waals surface area contributed by atoms with E-state index in [1.807, 2.05) is 0 Å². The summed E-state index contributed by atoms with van der Waals surface area (Å²) in [6, 6.07) is 9.65. The van der Waals surface area contributed by atoms with E-state index in [0.717, 1.165) is 0 Å². The van der Waals surface area contributed by atoms with Gasteiger partial charge >= 0.3 is 0 Å². The zero-order valence-electron chi connectivity index (χ0n) is 15.6. The third-order valence-corrected chi connectivity index (χ3v) is 4.44. The smallest absolute Gasteiger partial charge is 0.256 e. The minimum absolute atomic E-state index is 0.192. The van der Waals surface area contributed by atoms with Gasteiger partial charge in [-0.3, -0.25) is 4.79 Å². The first-order valence-electron chi connectivity index (χ1n) is 8.90. The number of furan rings is 1. The van der Waals surface area contributed by atoms with Gasteiger partial charge < -0.3 is 29.5 Å². The van der Waals surface area contributed by atoms with Crippen molar-refractivity contribution in [1.82, 2.24) is 5.32 Å². The molecule has 0 saturated heterocycles. The highest BCUT2D eigenvalue weighted by atomic mass is 19.1. The van der Waals surface area contributed by atoms with E-state index in [-0.39, 0.29) is 11.1 Å². The lowest BCUT2D eigenvalue weighted by Gasteiger charge is -2.18. The molecule has 3 aromatic rings. The second-order valence-corrected chi connectivity index (χ2v) is 6.40. The number of fused-ring (bicyclic) bond motifs is 1. The molecule has 0 aliphatic carbocycles. The molecule has 2 atom stereocenters. The van der Waals surface area contributed by atoms with Crippen LogP contribution in [0.25, 0.3) is 11.0 Å². The third-order valence-electron chi connectivity index (χ3n) is 4.44. The second kappa shape index (κ2) is 8.85. The normalized spacial score (nSPS) is 13.1. The van der Waals surface area contributed by atoms with Gasteiger partial charge in [-0.05, 0) is 31.2 Å². The van der Waals surface area contributed by atoms with E-state index in [4.69, 9.17) is 14.3 Å². The number of nitrogens with one attached hydrogen (secondary N) is 1. The van der Waals surface area contributed by atoms with Gasteiger partial charge in [-0.15, -0.1) is 0 Å². The van der Waals surface area contributed by atoms with Crippen LogP contribution in [0.4, 0.5) is 4.39 Å². The van der Waals surface area contributed by atoms with Gasteiger partial charge in [0.1, 0.15) is 41.3 Å². The zero-order chi connectivity index (χ0) is 21.0. The Morgan fingerprint density at radius 3 is 2.66 bits per heavy atom. The number of amides is 1. The van der Waals surface area contributed by atoms with E-state index in [1.54, 1.807) is 31.2 Å². The van der Waals surface area contributed by atoms with Crippen LogP contribution in [0.2, 0.25) is 0 Å². The topological polar surface area (TPSA) is 109 Å². The van der Waals surface area contributed by atoms with Crippen LogP contribution in [0.5, 0.6) is 5.75 Å². The number of aldehydes is 1. The molecule has 152 valence electrons. The molecule has 0 fully saturated rings. The molecule has 3 rings (SSSR count). The average molecular weight is 401 g/mol. The van der Waals surface area contributed by atoms with Gasteiger partial charge in [-0.1, -0.05) is 18.2 Å². The number of aliphatic hydroxyl groups is 2. The van der Waals surface area contributed by atoms with E-state index in [0.29, 0.717) is 28.8 Å². The molecular weight excluding hydrogens is 381 g/mol. The number of hydrogen-bond donors (Lipinski definition) is 3. The summed E-state index contributed by atoms with van der Waals surface area (Å²) in [6.45, 7) is 0.619. The first-order valence-corrected chi connectivity index (χ1v) is 8.90. The lowest BCUT2D eigenvalue weighted by molar-refractivity contribution is -0.110. The van der Waals surface area contributed by atoms with Crippen molar-refractivity contribution >= 4 is 23.2 Å². The third kappa shape index (κ3) is 4.28. The number of carbonyl (C=O) groups excluding carboxylic acids is 2. The molecular formula is C21H20FNO6. The Labute approximate surface area is 165 Å². The standard InChI is InChI=1S/C21H20FNO6/c1-12-20(21(27)23-13(9-24)10-25)16-8-14(6-7-18(16)28-12)29-19(11-26)15-4-2-3-5-17(15)22/h2-9,13,19,25-26H,10-11H2,1H3,(H,23,27). The van der Waals surface area contributed by atoms with Crippen LogP contribution in [0.3, 0.4) is 0 Å². The number of aliphatic hydroxyl groups excluding tert-OH is 2. The predicted octanol–water partition coefficient (Wildman–Crippen LogP) is 2.28. The monoisotopic (exact) mass is 401 g/mol. The van der Waals surface area contributed by atoms with Crippen LogP contribution in [0.1, 0.15) is 27.8 Å². The number of benzene rings is 2. The number of rotatable bonds is 8. The summed E-state index contributed by atoms with van der Waals surface area (Å²) in [4.78, 5) is 23.4. The van der Waals surface area contributed by atoms with Gasteiger partial charge in [0.05, 0.1) is 18.8 Å². The van der Waals surface area contributed by atoms with Crippen molar-refractivity contribution in [2.75, 3.05) is 13.2 Å². The molecule has 0 saturated carbocycles. The largest absolute Gasteiger partial charge is 0.483 e. The number of aryl methyl sites for hydroxylation is 1. The first kappa shape index (κ1) is 20.5. The number of ether oxygens (including phenoxy) is 1. The maximum atomic E-state index is 14.0. The van der Waals surface area contributed by atoms with Gasteiger partial charge in [0.25, 0.3) is 5.91 Å². The molecule has 1 heterocycles. The summed E-state index contributed by atoms with van der Waals surface area (Å²) in [6.07, 6.45) is -0.502. The van der Waals surface area contributed by atoms with Crippen molar-refractivity contribution in [1.29, 1.82) is 0 Å². The minimum atomic E-state index is -1.04. The van der Waals surface area contributed by atoms with Crippen molar-refractivity contribution in [3.8, 4) is 5.75 Å². The number of halogens is 1. The van der Waals surface area contributed by atoms with Crippen molar-refractivity contribution in [2.24, 2.45) is 0 Å². The lowest BCUT2D eigenvalue weighted by atomic mass is 10.1. The fourth-order valence-corrected chi connectivity index (χ4v) is 3.02. The van der Waals surface area contributed by atoms with Crippen LogP contribution >= 0.6 is 0 Å². The van der Waals surface area contributed by atoms with Crippen molar-refractivity contribution in [3.63, 3.8) is 0 Å². The van der Waals surface area contributed by atoms with Gasteiger partial charge in [0, 0.05) is 10.9 Å². The summed E-state index contributed by atoms with van der Waals surface area (Å²) in [5.74, 6) is -0.470. The maximum Gasteiger partial charge on any atom is 0.256 e. The Kier molecular flexibility index (Phi) is 6.26.